The van der Waals surface area contributed by atoms with Crippen molar-refractivity contribution in [3.8, 4) is 22.4 Å². The van der Waals surface area contributed by atoms with E-state index in [2.05, 4.69) is 5.10 Å². The summed E-state index contributed by atoms with van der Waals surface area (Å²) >= 11 is 0. The van der Waals surface area contributed by atoms with Crippen LogP contribution in [0, 0.1) is 19.7 Å². The van der Waals surface area contributed by atoms with Crippen LogP contribution in [0.4, 0.5) is 4.39 Å². The minimum absolute atomic E-state index is 0.324. The number of aryl methyl sites for hydroxylation is 3. The average molecular weight is 323 g/mol. The highest BCUT2D eigenvalue weighted by Gasteiger charge is 2.24. The number of hydrogen-bond acceptors (Lipinski definition) is 2. The molecule has 1 heterocycles. The molecule has 4 nitrogen and oxygen atoms in total. The molecule has 0 bridgehead atoms. The molecule has 5 heteroatoms. The molecule has 122 valence electrons. The summed E-state index contributed by atoms with van der Waals surface area (Å²) in [6.07, 6.45) is 0. The van der Waals surface area contributed by atoms with Crippen molar-refractivity contribution in [3.05, 3.63) is 65.1 Å². The number of carbonyl (C=O) groups is 1. The van der Waals surface area contributed by atoms with Gasteiger partial charge in [0.2, 0.25) is 0 Å². The molecule has 3 rings (SSSR count). The summed E-state index contributed by atoms with van der Waals surface area (Å²) < 4.78 is 15.7. The van der Waals surface area contributed by atoms with Gasteiger partial charge in [0.05, 0.1) is 17.0 Å². The molecule has 24 heavy (non-hydrogen) atoms. The SMILES string of the molecule is Cc1cc(F)cc(-c2ccccc2)c1-c1c(C(N)=O)c(C)nn1C. The van der Waals surface area contributed by atoms with E-state index in [1.165, 1.54) is 12.1 Å². The van der Waals surface area contributed by atoms with Crippen LogP contribution in [-0.2, 0) is 7.05 Å². The summed E-state index contributed by atoms with van der Waals surface area (Å²) in [4.78, 5) is 12.0. The van der Waals surface area contributed by atoms with Crippen LogP contribution in [0.2, 0.25) is 0 Å². The van der Waals surface area contributed by atoms with Crippen molar-refractivity contribution in [2.45, 2.75) is 13.8 Å². The van der Waals surface area contributed by atoms with Crippen LogP contribution in [0.25, 0.3) is 22.4 Å². The quantitative estimate of drug-likeness (QED) is 0.800. The average Bonchev–Trinajstić information content (AvgIpc) is 2.81. The molecule has 0 radical (unpaired) electrons. The van der Waals surface area contributed by atoms with Gasteiger partial charge in [-0.25, -0.2) is 4.39 Å². The summed E-state index contributed by atoms with van der Waals surface area (Å²) in [5.74, 6) is -0.868. The topological polar surface area (TPSA) is 60.9 Å². The van der Waals surface area contributed by atoms with Crippen LogP contribution in [0.3, 0.4) is 0 Å². The van der Waals surface area contributed by atoms with E-state index < -0.39 is 5.91 Å². The van der Waals surface area contributed by atoms with Gasteiger partial charge in [-0.05, 0) is 42.7 Å². The third-order valence-electron chi connectivity index (χ3n) is 4.09. The predicted molar refractivity (Wildman–Crippen MR) is 92.0 cm³/mol. The van der Waals surface area contributed by atoms with Crippen molar-refractivity contribution >= 4 is 5.91 Å². The van der Waals surface area contributed by atoms with E-state index >= 15 is 0 Å². The number of benzene rings is 2. The molecule has 0 aliphatic heterocycles. The van der Waals surface area contributed by atoms with Gasteiger partial charge in [0, 0.05) is 12.6 Å². The molecule has 1 amide bonds. The van der Waals surface area contributed by atoms with Crippen molar-refractivity contribution in [1.82, 2.24) is 9.78 Å². The molecule has 1 aromatic heterocycles. The van der Waals surface area contributed by atoms with Gasteiger partial charge in [-0.2, -0.15) is 5.10 Å². The molecular formula is C19H18FN3O. The van der Waals surface area contributed by atoms with Crippen molar-refractivity contribution in [2.75, 3.05) is 0 Å². The Labute approximate surface area is 139 Å². The number of hydrogen-bond donors (Lipinski definition) is 1. The third-order valence-corrected chi connectivity index (χ3v) is 4.09. The van der Waals surface area contributed by atoms with Gasteiger partial charge in [0.1, 0.15) is 5.82 Å². The Morgan fingerprint density at radius 1 is 1.17 bits per heavy atom. The lowest BCUT2D eigenvalue weighted by Crippen LogP contribution is -2.13. The molecule has 2 aromatic carbocycles. The zero-order valence-corrected chi connectivity index (χ0v) is 13.8. The van der Waals surface area contributed by atoms with Gasteiger partial charge >= 0.3 is 0 Å². The first kappa shape index (κ1) is 15.9. The summed E-state index contributed by atoms with van der Waals surface area (Å²) in [7, 11) is 1.76. The zero-order chi connectivity index (χ0) is 17.4. The Hall–Kier alpha value is -2.95. The zero-order valence-electron chi connectivity index (χ0n) is 13.8. The standard InChI is InChI=1S/C19H18FN3O/c1-11-9-14(20)10-15(13-7-5-4-6-8-13)16(11)18-17(19(21)24)12(2)22-23(18)3/h4-10H,1-3H3,(H2,21,24). The molecule has 2 N–H and O–H groups in total. The van der Waals surface area contributed by atoms with Crippen molar-refractivity contribution in [1.29, 1.82) is 0 Å². The summed E-state index contributed by atoms with van der Waals surface area (Å²) in [6, 6.07) is 12.4. The first-order valence-corrected chi connectivity index (χ1v) is 7.59. The molecule has 3 aromatic rings. The van der Waals surface area contributed by atoms with E-state index in [1.807, 2.05) is 37.3 Å². The van der Waals surface area contributed by atoms with Gasteiger partial charge in [0.25, 0.3) is 5.91 Å². The molecule has 0 spiro atoms. The second-order valence-electron chi connectivity index (χ2n) is 5.81. The highest BCUT2D eigenvalue weighted by atomic mass is 19.1. The van der Waals surface area contributed by atoms with E-state index in [4.69, 9.17) is 5.73 Å². The maximum Gasteiger partial charge on any atom is 0.252 e. The van der Waals surface area contributed by atoms with Gasteiger partial charge in [0.15, 0.2) is 0 Å². The van der Waals surface area contributed by atoms with Crippen LogP contribution in [0.15, 0.2) is 42.5 Å². The highest BCUT2D eigenvalue weighted by Crippen LogP contribution is 2.37. The second-order valence-corrected chi connectivity index (χ2v) is 5.81. The lowest BCUT2D eigenvalue weighted by atomic mass is 9.91. The first-order chi connectivity index (χ1) is 11.4. The molecule has 0 unspecified atom stereocenters. The van der Waals surface area contributed by atoms with Crippen LogP contribution >= 0.6 is 0 Å². The number of nitrogens with two attached hydrogens (primary N) is 1. The Morgan fingerprint density at radius 3 is 2.46 bits per heavy atom. The lowest BCUT2D eigenvalue weighted by molar-refractivity contribution is 0.100. The van der Waals surface area contributed by atoms with Crippen LogP contribution < -0.4 is 5.73 Å². The maximum absolute atomic E-state index is 14.1. The normalized spacial score (nSPS) is 10.8. The van der Waals surface area contributed by atoms with Crippen LogP contribution in [0.5, 0.6) is 0 Å². The van der Waals surface area contributed by atoms with Gasteiger partial charge in [-0.1, -0.05) is 30.3 Å². The van der Waals surface area contributed by atoms with E-state index in [0.29, 0.717) is 22.5 Å². The van der Waals surface area contributed by atoms with E-state index in [0.717, 1.165) is 16.7 Å². The smallest absolute Gasteiger partial charge is 0.252 e. The minimum atomic E-state index is -0.543. The minimum Gasteiger partial charge on any atom is -0.365 e. The number of rotatable bonds is 3. The van der Waals surface area contributed by atoms with Crippen molar-refractivity contribution in [2.24, 2.45) is 12.8 Å². The summed E-state index contributed by atoms with van der Waals surface area (Å²) in [5, 5.41) is 4.33. The Bertz CT molecular complexity index is 930. The Morgan fingerprint density at radius 2 is 1.83 bits per heavy atom. The molecule has 0 saturated carbocycles. The fraction of sp³-hybridized carbons (Fsp3) is 0.158. The molecule has 0 aliphatic carbocycles. The number of carbonyl (C=O) groups excluding carboxylic acids is 1. The molecule has 0 saturated heterocycles. The Kier molecular flexibility index (Phi) is 3.93. The summed E-state index contributed by atoms with van der Waals surface area (Å²) in [6.45, 7) is 3.56. The van der Waals surface area contributed by atoms with Crippen molar-refractivity contribution < 1.29 is 9.18 Å². The number of aromatic nitrogens is 2. The number of amides is 1. The van der Waals surface area contributed by atoms with E-state index in [9.17, 15) is 9.18 Å². The molecule has 0 fully saturated rings. The van der Waals surface area contributed by atoms with Crippen LogP contribution in [0.1, 0.15) is 21.6 Å². The molecule has 0 aliphatic rings. The summed E-state index contributed by atoms with van der Waals surface area (Å²) in [5.41, 5.74) is 10.2. The number of nitrogens with zero attached hydrogens (tertiary/aromatic N) is 2. The maximum atomic E-state index is 14.1. The van der Waals surface area contributed by atoms with Gasteiger partial charge in [-0.15, -0.1) is 0 Å². The fourth-order valence-electron chi connectivity index (χ4n) is 3.14. The molecular weight excluding hydrogens is 305 g/mol. The van der Waals surface area contributed by atoms with Gasteiger partial charge < -0.3 is 5.73 Å². The largest absolute Gasteiger partial charge is 0.365 e. The highest BCUT2D eigenvalue weighted by molar-refractivity contribution is 6.02. The lowest BCUT2D eigenvalue weighted by Gasteiger charge is -2.15. The Balaban J connectivity index is 2.40. The van der Waals surface area contributed by atoms with E-state index in [-0.39, 0.29) is 5.82 Å². The third kappa shape index (κ3) is 2.58. The monoisotopic (exact) mass is 323 g/mol. The second kappa shape index (κ2) is 5.92. The first-order valence-electron chi connectivity index (χ1n) is 7.59. The number of halogens is 1. The predicted octanol–water partition coefficient (Wildman–Crippen LogP) is 3.61. The van der Waals surface area contributed by atoms with Crippen molar-refractivity contribution in [3.63, 3.8) is 0 Å². The van der Waals surface area contributed by atoms with E-state index in [1.54, 1.807) is 18.7 Å². The van der Waals surface area contributed by atoms with Crippen LogP contribution in [-0.4, -0.2) is 15.7 Å². The van der Waals surface area contributed by atoms with Gasteiger partial charge in [-0.3, -0.25) is 9.48 Å². The number of primary amides is 1. The fourth-order valence-corrected chi connectivity index (χ4v) is 3.14. The molecule has 0 atom stereocenters.